The summed E-state index contributed by atoms with van der Waals surface area (Å²) in [6.45, 7) is 0. The second kappa shape index (κ2) is 5.97. The number of benzene rings is 2. The molecule has 0 aromatic heterocycles. The topological polar surface area (TPSA) is 17.1 Å². The Balaban J connectivity index is 2.25. The minimum absolute atomic E-state index is 0.0906. The SMILES string of the molecule is O=C(Cc1ccc(Br)cc1F)c1cccc(C(F)(F)F)c1. The number of hydrogen-bond donors (Lipinski definition) is 0. The van der Waals surface area contributed by atoms with Crippen LogP contribution >= 0.6 is 15.9 Å². The molecule has 0 amide bonds. The average Bonchev–Trinajstić information content (AvgIpc) is 2.41. The standard InChI is InChI=1S/C15H9BrF4O/c16-12-5-4-9(13(17)8-12)7-14(21)10-2-1-3-11(6-10)15(18,19)20/h1-6,8H,7H2. The molecule has 2 rings (SSSR count). The van der Waals surface area contributed by atoms with E-state index in [0.717, 1.165) is 18.2 Å². The quantitative estimate of drug-likeness (QED) is 0.554. The monoisotopic (exact) mass is 360 g/mol. The van der Waals surface area contributed by atoms with E-state index in [1.165, 1.54) is 18.2 Å². The summed E-state index contributed by atoms with van der Waals surface area (Å²) in [4.78, 5) is 12.0. The maximum Gasteiger partial charge on any atom is 0.416 e. The molecular weight excluding hydrogens is 352 g/mol. The first-order valence-corrected chi connectivity index (χ1v) is 6.71. The Labute approximate surface area is 126 Å². The van der Waals surface area contributed by atoms with Gasteiger partial charge in [0.1, 0.15) is 5.82 Å². The highest BCUT2D eigenvalue weighted by Crippen LogP contribution is 2.29. The van der Waals surface area contributed by atoms with E-state index in [1.54, 1.807) is 6.07 Å². The van der Waals surface area contributed by atoms with E-state index in [-0.39, 0.29) is 17.5 Å². The molecule has 0 radical (unpaired) electrons. The molecule has 110 valence electrons. The minimum atomic E-state index is -4.51. The second-order valence-corrected chi connectivity index (χ2v) is 5.33. The van der Waals surface area contributed by atoms with Crippen molar-refractivity contribution in [2.24, 2.45) is 0 Å². The van der Waals surface area contributed by atoms with E-state index < -0.39 is 23.3 Å². The van der Waals surface area contributed by atoms with E-state index in [2.05, 4.69) is 15.9 Å². The van der Waals surface area contributed by atoms with Crippen LogP contribution in [-0.4, -0.2) is 5.78 Å². The van der Waals surface area contributed by atoms with Gasteiger partial charge in [-0.1, -0.05) is 34.1 Å². The van der Waals surface area contributed by atoms with Crippen molar-refractivity contribution >= 4 is 21.7 Å². The highest BCUT2D eigenvalue weighted by molar-refractivity contribution is 9.10. The maximum absolute atomic E-state index is 13.6. The lowest BCUT2D eigenvalue weighted by atomic mass is 10.0. The Morgan fingerprint density at radius 3 is 2.43 bits per heavy atom. The van der Waals surface area contributed by atoms with Crippen LogP contribution in [0.1, 0.15) is 21.5 Å². The number of hydrogen-bond acceptors (Lipinski definition) is 1. The Kier molecular flexibility index (Phi) is 4.46. The number of rotatable bonds is 3. The van der Waals surface area contributed by atoms with Crippen molar-refractivity contribution in [1.82, 2.24) is 0 Å². The van der Waals surface area contributed by atoms with Gasteiger partial charge in [0.15, 0.2) is 5.78 Å². The van der Waals surface area contributed by atoms with Crippen molar-refractivity contribution in [2.75, 3.05) is 0 Å². The van der Waals surface area contributed by atoms with Gasteiger partial charge in [-0.2, -0.15) is 13.2 Å². The zero-order valence-electron chi connectivity index (χ0n) is 10.5. The summed E-state index contributed by atoms with van der Waals surface area (Å²) in [5.74, 6) is -1.15. The third-order valence-corrected chi connectivity index (χ3v) is 3.37. The Morgan fingerprint density at radius 1 is 1.10 bits per heavy atom. The Hall–Kier alpha value is -1.69. The molecule has 0 heterocycles. The normalized spacial score (nSPS) is 11.5. The highest BCUT2D eigenvalue weighted by atomic mass is 79.9. The second-order valence-electron chi connectivity index (χ2n) is 4.41. The summed E-state index contributed by atoms with van der Waals surface area (Å²) < 4.78 is 51.9. The van der Waals surface area contributed by atoms with Gasteiger partial charge in [-0.15, -0.1) is 0 Å². The molecule has 1 nitrogen and oxygen atoms in total. The lowest BCUT2D eigenvalue weighted by molar-refractivity contribution is -0.137. The number of ketones is 1. The predicted octanol–water partition coefficient (Wildman–Crippen LogP) is 5.03. The van der Waals surface area contributed by atoms with Gasteiger partial charge in [0.2, 0.25) is 0 Å². The van der Waals surface area contributed by atoms with Crippen LogP contribution in [0.4, 0.5) is 17.6 Å². The largest absolute Gasteiger partial charge is 0.416 e. The van der Waals surface area contributed by atoms with E-state index >= 15 is 0 Å². The number of carbonyl (C=O) groups is 1. The van der Waals surface area contributed by atoms with Gasteiger partial charge in [0, 0.05) is 16.5 Å². The molecule has 2 aromatic carbocycles. The lowest BCUT2D eigenvalue weighted by Gasteiger charge is -2.08. The molecule has 0 atom stereocenters. The first-order chi connectivity index (χ1) is 9.77. The summed E-state index contributed by atoms with van der Waals surface area (Å²) in [6, 6.07) is 8.30. The zero-order valence-corrected chi connectivity index (χ0v) is 12.1. The van der Waals surface area contributed by atoms with Gasteiger partial charge < -0.3 is 0 Å². The third kappa shape index (κ3) is 3.91. The Bertz CT molecular complexity index is 680. The van der Waals surface area contributed by atoms with Crippen molar-refractivity contribution in [2.45, 2.75) is 12.6 Å². The van der Waals surface area contributed by atoms with Crippen molar-refractivity contribution in [3.05, 3.63) is 69.4 Å². The van der Waals surface area contributed by atoms with E-state index in [1.807, 2.05) is 0 Å². The van der Waals surface area contributed by atoms with Crippen LogP contribution in [0.15, 0.2) is 46.9 Å². The molecule has 0 N–H and O–H groups in total. The predicted molar refractivity (Wildman–Crippen MR) is 73.6 cm³/mol. The minimum Gasteiger partial charge on any atom is -0.294 e. The highest BCUT2D eigenvalue weighted by Gasteiger charge is 2.30. The van der Waals surface area contributed by atoms with E-state index in [0.29, 0.717) is 4.47 Å². The molecule has 0 saturated carbocycles. The first kappa shape index (κ1) is 15.7. The molecule has 0 unspecified atom stereocenters. The van der Waals surface area contributed by atoms with Crippen molar-refractivity contribution in [1.29, 1.82) is 0 Å². The molecule has 0 saturated heterocycles. The van der Waals surface area contributed by atoms with Crippen LogP contribution in [-0.2, 0) is 12.6 Å². The fourth-order valence-electron chi connectivity index (χ4n) is 1.81. The maximum atomic E-state index is 13.6. The van der Waals surface area contributed by atoms with Crippen molar-refractivity contribution in [3.8, 4) is 0 Å². The van der Waals surface area contributed by atoms with Gasteiger partial charge in [0.25, 0.3) is 0 Å². The molecule has 0 fully saturated rings. The summed E-state index contributed by atoms with van der Waals surface area (Å²) in [5, 5.41) is 0. The van der Waals surface area contributed by atoms with Gasteiger partial charge >= 0.3 is 6.18 Å². The van der Waals surface area contributed by atoms with Crippen LogP contribution in [0.3, 0.4) is 0 Å². The summed E-state index contributed by atoms with van der Waals surface area (Å²) in [6.07, 6.45) is -4.81. The van der Waals surface area contributed by atoms with Gasteiger partial charge in [0.05, 0.1) is 5.56 Å². The fourth-order valence-corrected chi connectivity index (χ4v) is 2.14. The lowest BCUT2D eigenvalue weighted by Crippen LogP contribution is -2.09. The van der Waals surface area contributed by atoms with E-state index in [4.69, 9.17) is 0 Å². The van der Waals surface area contributed by atoms with E-state index in [9.17, 15) is 22.4 Å². The molecule has 0 aliphatic heterocycles. The number of halogens is 5. The summed E-state index contributed by atoms with van der Waals surface area (Å²) in [7, 11) is 0. The van der Waals surface area contributed by atoms with Crippen LogP contribution in [0.25, 0.3) is 0 Å². The Morgan fingerprint density at radius 2 is 1.81 bits per heavy atom. The molecule has 0 bridgehead atoms. The van der Waals surface area contributed by atoms with Gasteiger partial charge in [-0.25, -0.2) is 4.39 Å². The van der Waals surface area contributed by atoms with Crippen LogP contribution in [0.5, 0.6) is 0 Å². The smallest absolute Gasteiger partial charge is 0.294 e. The average molecular weight is 361 g/mol. The van der Waals surface area contributed by atoms with Crippen LogP contribution in [0.2, 0.25) is 0 Å². The van der Waals surface area contributed by atoms with Gasteiger partial charge in [-0.3, -0.25) is 4.79 Å². The molecular formula is C15H9BrF4O. The molecule has 0 spiro atoms. The summed E-state index contributed by atoms with van der Waals surface area (Å²) >= 11 is 3.09. The number of carbonyl (C=O) groups excluding carboxylic acids is 1. The van der Waals surface area contributed by atoms with Crippen LogP contribution in [0, 0.1) is 5.82 Å². The molecule has 0 aliphatic rings. The summed E-state index contributed by atoms with van der Waals surface area (Å²) in [5.41, 5.74) is -0.850. The molecule has 0 aliphatic carbocycles. The number of alkyl halides is 3. The first-order valence-electron chi connectivity index (χ1n) is 5.92. The molecule has 21 heavy (non-hydrogen) atoms. The van der Waals surface area contributed by atoms with Crippen molar-refractivity contribution < 1.29 is 22.4 Å². The fraction of sp³-hybridized carbons (Fsp3) is 0.133. The van der Waals surface area contributed by atoms with Gasteiger partial charge in [-0.05, 0) is 29.8 Å². The number of Topliss-reactive ketones (excluding diaryl/α,β-unsaturated/α-hetero) is 1. The zero-order chi connectivity index (χ0) is 15.6. The molecule has 2 aromatic rings. The van der Waals surface area contributed by atoms with Crippen LogP contribution < -0.4 is 0 Å². The third-order valence-electron chi connectivity index (χ3n) is 2.88. The van der Waals surface area contributed by atoms with Crippen molar-refractivity contribution in [3.63, 3.8) is 0 Å². The molecule has 6 heteroatoms.